The summed E-state index contributed by atoms with van der Waals surface area (Å²) in [5, 5.41) is 12.9. The third kappa shape index (κ3) is 5.43. The van der Waals surface area contributed by atoms with Gasteiger partial charge in [0.1, 0.15) is 5.82 Å². The summed E-state index contributed by atoms with van der Waals surface area (Å²) in [4.78, 5) is 18.1. The van der Waals surface area contributed by atoms with Crippen molar-refractivity contribution in [3.63, 3.8) is 0 Å². The summed E-state index contributed by atoms with van der Waals surface area (Å²) in [5.41, 5.74) is 1.02. The minimum Gasteiger partial charge on any atom is -0.390 e. The van der Waals surface area contributed by atoms with E-state index in [0.29, 0.717) is 17.8 Å². The number of amides is 2. The van der Waals surface area contributed by atoms with Crippen molar-refractivity contribution in [3.05, 3.63) is 29.6 Å². The van der Waals surface area contributed by atoms with Crippen molar-refractivity contribution in [1.82, 2.24) is 14.7 Å². The lowest BCUT2D eigenvalue weighted by Crippen LogP contribution is -2.49. The molecular formula is C17H27FN4O2. The summed E-state index contributed by atoms with van der Waals surface area (Å²) in [6, 6.07) is 4.11. The first-order valence-corrected chi connectivity index (χ1v) is 8.22. The lowest BCUT2D eigenvalue weighted by Gasteiger charge is -2.34. The van der Waals surface area contributed by atoms with Gasteiger partial charge in [-0.05, 0) is 37.7 Å². The predicted molar refractivity (Wildman–Crippen MR) is 92.7 cm³/mol. The maximum Gasteiger partial charge on any atom is 0.321 e. The molecule has 24 heavy (non-hydrogen) atoms. The normalized spacial score (nSPS) is 17.5. The number of benzene rings is 1. The zero-order valence-corrected chi connectivity index (χ0v) is 14.6. The summed E-state index contributed by atoms with van der Waals surface area (Å²) in [7, 11) is 3.72. The van der Waals surface area contributed by atoms with Crippen LogP contribution in [0.15, 0.2) is 18.2 Å². The number of aliphatic hydroxyl groups is 1. The van der Waals surface area contributed by atoms with E-state index in [1.807, 2.05) is 0 Å². The Morgan fingerprint density at radius 2 is 2.04 bits per heavy atom. The van der Waals surface area contributed by atoms with Gasteiger partial charge < -0.3 is 20.2 Å². The first-order valence-electron chi connectivity index (χ1n) is 8.22. The molecule has 1 aromatic rings. The van der Waals surface area contributed by atoms with Crippen LogP contribution in [0.5, 0.6) is 0 Å². The maximum absolute atomic E-state index is 13.2. The van der Waals surface area contributed by atoms with E-state index in [4.69, 9.17) is 0 Å². The lowest BCUT2D eigenvalue weighted by molar-refractivity contribution is 0.0670. The molecule has 6 nitrogen and oxygen atoms in total. The SMILES string of the molecule is Cc1cc(NC(=O)N(C)CC(O)CN2CCN(C)CC2)ccc1F. The highest BCUT2D eigenvalue weighted by atomic mass is 19.1. The topological polar surface area (TPSA) is 59.1 Å². The van der Waals surface area contributed by atoms with Gasteiger partial charge in [0.15, 0.2) is 0 Å². The van der Waals surface area contributed by atoms with Crippen LogP contribution in [0.3, 0.4) is 0 Å². The molecule has 1 saturated heterocycles. The monoisotopic (exact) mass is 338 g/mol. The Balaban J connectivity index is 1.78. The Labute approximate surface area is 142 Å². The molecule has 7 heteroatoms. The van der Waals surface area contributed by atoms with Crippen molar-refractivity contribution >= 4 is 11.7 Å². The second-order valence-corrected chi connectivity index (χ2v) is 6.53. The van der Waals surface area contributed by atoms with E-state index in [-0.39, 0.29) is 18.4 Å². The van der Waals surface area contributed by atoms with Gasteiger partial charge >= 0.3 is 6.03 Å². The average molecular weight is 338 g/mol. The Hall–Kier alpha value is -1.70. The molecule has 1 fully saturated rings. The highest BCUT2D eigenvalue weighted by Crippen LogP contribution is 2.14. The quantitative estimate of drug-likeness (QED) is 0.847. The van der Waals surface area contributed by atoms with Crippen LogP contribution < -0.4 is 5.32 Å². The van der Waals surface area contributed by atoms with Gasteiger partial charge in [0.2, 0.25) is 0 Å². The fourth-order valence-electron chi connectivity index (χ4n) is 2.73. The van der Waals surface area contributed by atoms with Crippen molar-refractivity contribution in [2.45, 2.75) is 13.0 Å². The molecule has 0 aliphatic carbocycles. The molecule has 0 saturated carbocycles. The number of nitrogens with zero attached hydrogens (tertiary/aromatic N) is 3. The molecule has 1 aromatic carbocycles. The fourth-order valence-corrected chi connectivity index (χ4v) is 2.73. The van der Waals surface area contributed by atoms with E-state index in [2.05, 4.69) is 22.2 Å². The van der Waals surface area contributed by atoms with Crippen LogP contribution in [-0.4, -0.2) is 85.3 Å². The second-order valence-electron chi connectivity index (χ2n) is 6.53. The zero-order valence-electron chi connectivity index (χ0n) is 14.6. The van der Waals surface area contributed by atoms with E-state index in [0.717, 1.165) is 26.2 Å². The molecule has 2 N–H and O–H groups in total. The third-order valence-electron chi connectivity index (χ3n) is 4.31. The van der Waals surface area contributed by atoms with Crippen LogP contribution in [0.25, 0.3) is 0 Å². The molecule has 0 bridgehead atoms. The molecule has 1 heterocycles. The minimum absolute atomic E-state index is 0.248. The van der Waals surface area contributed by atoms with E-state index >= 15 is 0 Å². The number of hydrogen-bond acceptors (Lipinski definition) is 4. The number of β-amino-alcohol motifs (C(OH)–C–C–N with tert-alkyl or cyclic N) is 1. The van der Waals surface area contributed by atoms with Gasteiger partial charge in [-0.25, -0.2) is 9.18 Å². The molecule has 1 atom stereocenters. The first-order chi connectivity index (χ1) is 11.3. The highest BCUT2D eigenvalue weighted by Gasteiger charge is 2.19. The van der Waals surface area contributed by atoms with Crippen LogP contribution >= 0.6 is 0 Å². The van der Waals surface area contributed by atoms with Gasteiger partial charge in [0.25, 0.3) is 0 Å². The highest BCUT2D eigenvalue weighted by molar-refractivity contribution is 5.89. The lowest BCUT2D eigenvalue weighted by atomic mass is 10.2. The minimum atomic E-state index is -0.598. The van der Waals surface area contributed by atoms with Gasteiger partial charge in [-0.3, -0.25) is 4.90 Å². The number of nitrogens with one attached hydrogen (secondary N) is 1. The molecule has 1 unspecified atom stereocenters. The summed E-state index contributed by atoms with van der Waals surface area (Å²) >= 11 is 0. The summed E-state index contributed by atoms with van der Waals surface area (Å²) < 4.78 is 13.2. The van der Waals surface area contributed by atoms with Gasteiger partial charge in [-0.15, -0.1) is 0 Å². The van der Waals surface area contributed by atoms with Crippen LogP contribution in [0, 0.1) is 12.7 Å². The van der Waals surface area contributed by atoms with Crippen LogP contribution in [0.2, 0.25) is 0 Å². The molecule has 2 rings (SSSR count). The largest absolute Gasteiger partial charge is 0.390 e. The maximum atomic E-state index is 13.2. The fraction of sp³-hybridized carbons (Fsp3) is 0.588. The Morgan fingerprint density at radius 3 is 2.67 bits per heavy atom. The Bertz CT molecular complexity index is 562. The summed E-state index contributed by atoms with van der Waals surface area (Å²) in [6.45, 7) is 6.30. The molecule has 0 spiro atoms. The average Bonchev–Trinajstić information content (AvgIpc) is 2.53. The number of rotatable bonds is 5. The van der Waals surface area contributed by atoms with E-state index in [9.17, 15) is 14.3 Å². The van der Waals surface area contributed by atoms with Crippen molar-refractivity contribution in [1.29, 1.82) is 0 Å². The number of hydrogen-bond donors (Lipinski definition) is 2. The van der Waals surface area contributed by atoms with Gasteiger partial charge in [-0.1, -0.05) is 0 Å². The standard InChI is InChI=1S/C17H27FN4O2/c1-13-10-14(4-5-16(13)18)19-17(24)21(3)11-15(23)12-22-8-6-20(2)7-9-22/h4-5,10,15,23H,6-9,11-12H2,1-3H3,(H,19,24). The number of piperazine rings is 1. The van der Waals surface area contributed by atoms with Gasteiger partial charge in [0, 0.05) is 52.0 Å². The molecule has 1 aliphatic heterocycles. The number of carbonyl (C=O) groups is 1. The summed E-state index contributed by atoms with van der Waals surface area (Å²) in [5.74, 6) is -0.302. The number of anilines is 1. The Kier molecular flexibility index (Phi) is 6.53. The van der Waals surface area contributed by atoms with Gasteiger partial charge in [-0.2, -0.15) is 0 Å². The number of aryl methyl sites for hydroxylation is 1. The molecule has 0 radical (unpaired) electrons. The number of aliphatic hydroxyl groups excluding tert-OH is 1. The third-order valence-corrected chi connectivity index (χ3v) is 4.31. The van der Waals surface area contributed by atoms with Crippen molar-refractivity contribution in [3.8, 4) is 0 Å². The molecule has 0 aromatic heterocycles. The van der Waals surface area contributed by atoms with E-state index in [1.54, 1.807) is 20.0 Å². The van der Waals surface area contributed by atoms with E-state index in [1.165, 1.54) is 17.0 Å². The molecular weight excluding hydrogens is 311 g/mol. The Morgan fingerprint density at radius 1 is 1.38 bits per heavy atom. The van der Waals surface area contributed by atoms with Crippen molar-refractivity contribution < 1.29 is 14.3 Å². The number of carbonyl (C=O) groups excluding carboxylic acids is 1. The van der Waals surface area contributed by atoms with Crippen LogP contribution in [0.4, 0.5) is 14.9 Å². The predicted octanol–water partition coefficient (Wildman–Crippen LogP) is 1.21. The second kappa shape index (κ2) is 8.41. The first kappa shape index (κ1) is 18.6. The number of halogens is 1. The van der Waals surface area contributed by atoms with Crippen LogP contribution in [-0.2, 0) is 0 Å². The smallest absolute Gasteiger partial charge is 0.321 e. The number of urea groups is 1. The zero-order chi connectivity index (χ0) is 17.7. The van der Waals surface area contributed by atoms with Crippen molar-refractivity contribution in [2.75, 3.05) is 58.7 Å². The molecule has 1 aliphatic rings. The van der Waals surface area contributed by atoms with Gasteiger partial charge in [0.05, 0.1) is 6.10 Å². The van der Waals surface area contributed by atoms with E-state index < -0.39 is 6.10 Å². The number of likely N-dealkylation sites (N-methyl/N-ethyl adjacent to an activating group) is 2. The van der Waals surface area contributed by atoms with Crippen molar-refractivity contribution in [2.24, 2.45) is 0 Å². The molecule has 134 valence electrons. The summed E-state index contributed by atoms with van der Waals surface area (Å²) in [6.07, 6.45) is -0.598. The van der Waals surface area contributed by atoms with Crippen LogP contribution in [0.1, 0.15) is 5.56 Å². The molecule has 2 amide bonds.